The molecule has 7 rings (SSSR count). The first-order chi connectivity index (χ1) is 16.1. The molecule has 1 heterocycles. The van der Waals surface area contributed by atoms with Crippen LogP contribution in [0.25, 0.3) is 0 Å². The molecule has 6 fully saturated rings. The predicted molar refractivity (Wildman–Crippen MR) is 121 cm³/mol. The van der Waals surface area contributed by atoms with Gasteiger partial charge < -0.3 is 14.7 Å². The van der Waals surface area contributed by atoms with E-state index in [1.165, 1.54) is 50.7 Å². The molecule has 34 heavy (non-hydrogen) atoms. The number of carbonyl (C=O) groups excluding carboxylic acids is 1. The molecule has 1 aliphatic heterocycles. The van der Waals surface area contributed by atoms with Crippen molar-refractivity contribution in [2.45, 2.75) is 63.3 Å². The van der Waals surface area contributed by atoms with E-state index < -0.39 is 45.2 Å². The van der Waals surface area contributed by atoms with Crippen LogP contribution >= 0.6 is 0 Å². The third kappa shape index (κ3) is 3.89. The summed E-state index contributed by atoms with van der Waals surface area (Å²) < 4.78 is 45.5. The van der Waals surface area contributed by atoms with Gasteiger partial charge in [0.05, 0.1) is 17.9 Å². The van der Waals surface area contributed by atoms with Crippen LogP contribution in [0.15, 0.2) is 12.1 Å². The third-order valence-corrected chi connectivity index (χ3v) is 10.2. The number of benzene rings is 1. The number of carboxylic acids is 1. The second-order valence-corrected chi connectivity index (χ2v) is 13.6. The zero-order valence-corrected chi connectivity index (χ0v) is 19.9. The normalized spacial score (nSPS) is 35.5. The summed E-state index contributed by atoms with van der Waals surface area (Å²) in [7, 11) is -3.73. The summed E-state index contributed by atoms with van der Waals surface area (Å²) in [5, 5.41) is 9.39. The monoisotopic (exact) mass is 491 g/mol. The molecule has 1 unspecified atom stereocenters. The molecule has 184 valence electrons. The summed E-state index contributed by atoms with van der Waals surface area (Å²) in [5.41, 5.74) is 0.648. The van der Waals surface area contributed by atoms with Crippen molar-refractivity contribution in [3.63, 3.8) is 0 Å². The van der Waals surface area contributed by atoms with Crippen molar-refractivity contribution in [2.75, 3.05) is 18.2 Å². The fraction of sp³-hybridized carbons (Fsp3) is 0.680. The van der Waals surface area contributed by atoms with Crippen LogP contribution in [-0.4, -0.2) is 54.6 Å². The SMILES string of the molecule is O=C(O)C1CS(=O)(=O)CN1C(=O)c1cc(C2CC2)c(OCC23CC4CC(CC(C4)C2)C3)cc1F. The van der Waals surface area contributed by atoms with Crippen LogP contribution in [0.5, 0.6) is 5.75 Å². The van der Waals surface area contributed by atoms with Crippen LogP contribution in [0.4, 0.5) is 4.39 Å². The Bertz CT molecular complexity index is 1120. The number of carbonyl (C=O) groups is 2. The summed E-state index contributed by atoms with van der Waals surface area (Å²) in [6, 6.07) is 1.21. The van der Waals surface area contributed by atoms with Gasteiger partial charge in [-0.3, -0.25) is 4.79 Å². The minimum atomic E-state index is -3.73. The largest absolute Gasteiger partial charge is 0.493 e. The molecular formula is C25H30FNO6S. The fourth-order valence-corrected chi connectivity index (χ4v) is 9.15. The van der Waals surface area contributed by atoms with Crippen LogP contribution < -0.4 is 4.74 Å². The van der Waals surface area contributed by atoms with Crippen LogP contribution in [-0.2, 0) is 14.6 Å². The number of aliphatic carboxylic acids is 1. The van der Waals surface area contributed by atoms with Gasteiger partial charge in [-0.05, 0) is 86.7 Å². The highest BCUT2D eigenvalue weighted by Gasteiger charge is 2.51. The van der Waals surface area contributed by atoms with Crippen LogP contribution in [0.1, 0.15) is 73.2 Å². The average molecular weight is 492 g/mol. The number of ether oxygens (including phenoxy) is 1. The second-order valence-electron chi connectivity index (χ2n) is 11.5. The lowest BCUT2D eigenvalue weighted by molar-refractivity contribution is -0.140. The highest BCUT2D eigenvalue weighted by Crippen LogP contribution is 2.60. The van der Waals surface area contributed by atoms with Crippen molar-refractivity contribution >= 4 is 21.7 Å². The fourth-order valence-electron chi connectivity index (χ4n) is 7.52. The number of nitrogens with zero attached hydrogens (tertiary/aromatic N) is 1. The van der Waals surface area contributed by atoms with E-state index in [0.29, 0.717) is 12.4 Å². The first-order valence-electron chi connectivity index (χ1n) is 12.3. The summed E-state index contributed by atoms with van der Waals surface area (Å²) in [6.07, 6.45) is 9.38. The van der Waals surface area contributed by atoms with Gasteiger partial charge in [-0.2, -0.15) is 0 Å². The van der Waals surface area contributed by atoms with E-state index in [-0.39, 0.29) is 16.9 Å². The number of carboxylic acid groups (broad SMARTS) is 1. The maximum atomic E-state index is 15.2. The zero-order chi connectivity index (χ0) is 23.8. The molecule has 4 bridgehead atoms. The van der Waals surface area contributed by atoms with Gasteiger partial charge in [0.1, 0.15) is 23.5 Å². The van der Waals surface area contributed by atoms with Crippen molar-refractivity contribution in [1.82, 2.24) is 4.90 Å². The smallest absolute Gasteiger partial charge is 0.327 e. The van der Waals surface area contributed by atoms with Gasteiger partial charge in [0.2, 0.25) is 0 Å². The van der Waals surface area contributed by atoms with E-state index in [0.717, 1.165) is 41.1 Å². The molecule has 1 saturated heterocycles. The van der Waals surface area contributed by atoms with Crippen LogP contribution in [0.3, 0.4) is 0 Å². The Labute approximate surface area is 198 Å². The van der Waals surface area contributed by atoms with Gasteiger partial charge in [0.25, 0.3) is 5.91 Å². The predicted octanol–water partition coefficient (Wildman–Crippen LogP) is 3.58. The van der Waals surface area contributed by atoms with Gasteiger partial charge in [0, 0.05) is 11.5 Å². The molecule has 1 aromatic carbocycles. The average Bonchev–Trinajstić information content (AvgIpc) is 3.53. The molecule has 0 spiro atoms. The lowest BCUT2D eigenvalue weighted by Crippen LogP contribution is -2.48. The molecule has 0 aromatic heterocycles. The maximum absolute atomic E-state index is 15.2. The van der Waals surface area contributed by atoms with Gasteiger partial charge in [-0.1, -0.05) is 0 Å². The summed E-state index contributed by atoms with van der Waals surface area (Å²) in [6.45, 7) is 0.564. The molecule has 1 aromatic rings. The maximum Gasteiger partial charge on any atom is 0.327 e. The molecule has 0 radical (unpaired) electrons. The molecule has 9 heteroatoms. The number of rotatable bonds is 6. The number of hydrogen-bond donors (Lipinski definition) is 1. The highest BCUT2D eigenvalue weighted by molar-refractivity contribution is 7.91. The quantitative estimate of drug-likeness (QED) is 0.653. The van der Waals surface area contributed by atoms with Crippen molar-refractivity contribution in [3.05, 3.63) is 29.1 Å². The summed E-state index contributed by atoms with van der Waals surface area (Å²) >= 11 is 0. The third-order valence-electron chi connectivity index (χ3n) is 8.72. The molecule has 5 saturated carbocycles. The number of halogens is 1. The second kappa shape index (κ2) is 7.67. The standard InChI is InChI=1S/C25H30FNO6S/c26-20-7-22(33-12-25-8-14-3-15(9-25)5-16(4-14)10-25)18(17-1-2-17)6-19(20)23(28)27-13-34(31,32)11-21(27)24(29)30/h6-7,14-17,21H,1-5,8-13H2,(H,29,30). The van der Waals surface area contributed by atoms with E-state index >= 15 is 4.39 Å². The van der Waals surface area contributed by atoms with Gasteiger partial charge >= 0.3 is 5.97 Å². The van der Waals surface area contributed by atoms with E-state index in [2.05, 4.69) is 0 Å². The molecule has 1 amide bonds. The first kappa shape index (κ1) is 22.3. The molecule has 1 atom stereocenters. The number of hydrogen-bond acceptors (Lipinski definition) is 5. The van der Waals surface area contributed by atoms with Gasteiger partial charge in [-0.25, -0.2) is 17.6 Å². The minimum Gasteiger partial charge on any atom is -0.493 e. The van der Waals surface area contributed by atoms with Crippen molar-refractivity contribution in [3.8, 4) is 5.75 Å². The molecule has 5 aliphatic carbocycles. The van der Waals surface area contributed by atoms with Crippen LogP contribution in [0, 0.1) is 29.0 Å². The Balaban J connectivity index is 1.26. The van der Waals surface area contributed by atoms with Crippen LogP contribution in [0.2, 0.25) is 0 Å². The van der Waals surface area contributed by atoms with Gasteiger partial charge in [0.15, 0.2) is 9.84 Å². The highest BCUT2D eigenvalue weighted by atomic mass is 32.2. The topological polar surface area (TPSA) is 101 Å². The van der Waals surface area contributed by atoms with Crippen molar-refractivity contribution in [2.24, 2.45) is 23.2 Å². The van der Waals surface area contributed by atoms with E-state index in [1.807, 2.05) is 0 Å². The summed E-state index contributed by atoms with van der Waals surface area (Å²) in [5.74, 6) is -1.48. The Kier molecular flexibility index (Phi) is 5.03. The number of sulfone groups is 1. The number of amides is 1. The molecular weight excluding hydrogens is 461 g/mol. The Hall–Kier alpha value is -2.16. The lowest BCUT2D eigenvalue weighted by atomic mass is 9.50. The minimum absolute atomic E-state index is 0.166. The van der Waals surface area contributed by atoms with E-state index in [4.69, 9.17) is 4.74 Å². The van der Waals surface area contributed by atoms with Crippen molar-refractivity contribution in [1.29, 1.82) is 0 Å². The Morgan fingerprint density at radius 1 is 1.09 bits per heavy atom. The van der Waals surface area contributed by atoms with E-state index in [1.54, 1.807) is 0 Å². The Morgan fingerprint density at radius 3 is 2.26 bits per heavy atom. The molecule has 7 nitrogen and oxygen atoms in total. The summed E-state index contributed by atoms with van der Waals surface area (Å²) in [4.78, 5) is 25.4. The lowest BCUT2D eigenvalue weighted by Gasteiger charge is -2.56. The molecule has 6 aliphatic rings. The zero-order valence-electron chi connectivity index (χ0n) is 19.0. The van der Waals surface area contributed by atoms with Gasteiger partial charge in [-0.15, -0.1) is 0 Å². The van der Waals surface area contributed by atoms with E-state index in [9.17, 15) is 23.1 Å². The molecule has 1 N–H and O–H groups in total. The first-order valence-corrected chi connectivity index (χ1v) is 14.1. The van der Waals surface area contributed by atoms with Crippen molar-refractivity contribution < 1.29 is 32.2 Å². The Morgan fingerprint density at radius 2 is 1.71 bits per heavy atom.